The lowest BCUT2D eigenvalue weighted by atomic mass is 9.90. The molecule has 8 heteroatoms. The van der Waals surface area contributed by atoms with Gasteiger partial charge in [0.25, 0.3) is 0 Å². The van der Waals surface area contributed by atoms with Gasteiger partial charge in [0, 0.05) is 33.2 Å². The van der Waals surface area contributed by atoms with Crippen molar-refractivity contribution < 1.29 is 17.9 Å². The van der Waals surface area contributed by atoms with E-state index in [1.54, 1.807) is 12.5 Å². The highest BCUT2D eigenvalue weighted by Gasteiger charge is 2.35. The Morgan fingerprint density at radius 1 is 1.14 bits per heavy atom. The largest absolute Gasteiger partial charge is 0.496 e. The van der Waals surface area contributed by atoms with Crippen molar-refractivity contribution in [3.8, 4) is 5.75 Å². The molecule has 1 atom stereocenters. The number of benzene rings is 2. The third-order valence-corrected chi connectivity index (χ3v) is 7.98. The number of rotatable bonds is 4. The van der Waals surface area contributed by atoms with Gasteiger partial charge in [-0.3, -0.25) is 4.79 Å². The summed E-state index contributed by atoms with van der Waals surface area (Å²) < 4.78 is 31.7. The molecule has 0 radical (unpaired) electrons. The van der Waals surface area contributed by atoms with E-state index in [1.165, 1.54) is 35.6 Å². The minimum Gasteiger partial charge on any atom is -0.496 e. The van der Waals surface area contributed by atoms with Crippen molar-refractivity contribution >= 4 is 44.4 Å². The topological polar surface area (TPSA) is 72.5 Å². The predicted octanol–water partition coefficient (Wildman–Crippen LogP) is 4.72. The summed E-state index contributed by atoms with van der Waals surface area (Å²) in [6.07, 6.45) is 0.230. The average molecular weight is 434 g/mol. The quantitative estimate of drug-likeness (QED) is 0.646. The molecule has 0 spiro atoms. The molecule has 0 saturated heterocycles. The van der Waals surface area contributed by atoms with Crippen LogP contribution < -0.4 is 10.1 Å². The number of carbonyl (C=O) groups is 1. The molecule has 0 bridgehead atoms. The number of anilines is 1. The highest BCUT2D eigenvalue weighted by Crippen LogP contribution is 2.47. The molecule has 0 aliphatic carbocycles. The lowest BCUT2D eigenvalue weighted by Gasteiger charge is -2.25. The first-order chi connectivity index (χ1) is 13.4. The Hall–Kier alpha value is -2.35. The number of ether oxygens (including phenoxy) is 1. The van der Waals surface area contributed by atoms with Gasteiger partial charge in [-0.1, -0.05) is 29.8 Å². The number of sulfone groups is 1. The summed E-state index contributed by atoms with van der Waals surface area (Å²) in [7, 11) is -2.22. The fourth-order valence-corrected chi connectivity index (χ4v) is 6.37. The molecular weight excluding hydrogens is 418 g/mol. The highest BCUT2D eigenvalue weighted by molar-refractivity contribution is 7.91. The number of methoxy groups -OCH3 is 1. The van der Waals surface area contributed by atoms with Gasteiger partial charge in [-0.2, -0.15) is 0 Å². The molecule has 1 N–H and O–H groups in total. The first kappa shape index (κ1) is 19.0. The third-order valence-electron chi connectivity index (χ3n) is 4.68. The van der Waals surface area contributed by atoms with Crippen molar-refractivity contribution in [3.63, 3.8) is 0 Å². The Morgan fingerprint density at radius 3 is 2.57 bits per heavy atom. The number of halogens is 1. The summed E-state index contributed by atoms with van der Waals surface area (Å²) in [5.74, 6) is 0.178. The van der Waals surface area contributed by atoms with Gasteiger partial charge in [0.15, 0.2) is 0 Å². The van der Waals surface area contributed by atoms with Crippen LogP contribution in [0.3, 0.4) is 0 Å². The predicted molar refractivity (Wildman–Crippen MR) is 109 cm³/mol. The van der Waals surface area contributed by atoms with Gasteiger partial charge >= 0.3 is 0 Å². The van der Waals surface area contributed by atoms with Crippen LogP contribution >= 0.6 is 22.9 Å². The number of fused-ring (bicyclic) bond motifs is 1. The molecule has 1 amide bonds. The number of carbonyl (C=O) groups excluding carboxylic acids is 1. The van der Waals surface area contributed by atoms with E-state index >= 15 is 0 Å². The zero-order valence-electron chi connectivity index (χ0n) is 14.8. The first-order valence-electron chi connectivity index (χ1n) is 8.46. The average Bonchev–Trinajstić information content (AvgIpc) is 3.12. The number of amides is 1. The van der Waals surface area contributed by atoms with Gasteiger partial charge in [-0.05, 0) is 30.3 Å². The Labute approximate surface area is 171 Å². The molecule has 2 heterocycles. The molecule has 28 heavy (non-hydrogen) atoms. The Morgan fingerprint density at radius 2 is 1.86 bits per heavy atom. The molecule has 2 aromatic carbocycles. The van der Waals surface area contributed by atoms with Crippen LogP contribution in [-0.4, -0.2) is 21.4 Å². The molecule has 5 nitrogen and oxygen atoms in total. The zero-order valence-corrected chi connectivity index (χ0v) is 17.2. The van der Waals surface area contributed by atoms with E-state index in [1.807, 2.05) is 24.3 Å². The summed E-state index contributed by atoms with van der Waals surface area (Å²) >= 11 is 7.20. The molecule has 1 aromatic heterocycles. The van der Waals surface area contributed by atoms with E-state index in [4.69, 9.17) is 16.3 Å². The van der Waals surface area contributed by atoms with Crippen LogP contribution in [0.15, 0.2) is 63.7 Å². The van der Waals surface area contributed by atoms with Gasteiger partial charge in [-0.25, -0.2) is 8.42 Å². The number of thiophene rings is 1. The number of hydrogen-bond donors (Lipinski definition) is 1. The fourth-order valence-electron chi connectivity index (χ4n) is 3.35. The molecule has 1 aliphatic heterocycles. The van der Waals surface area contributed by atoms with Crippen LogP contribution in [-0.2, 0) is 14.6 Å². The summed E-state index contributed by atoms with van der Waals surface area (Å²) in [6, 6.07) is 13.5. The van der Waals surface area contributed by atoms with Crippen LogP contribution in [0, 0.1) is 0 Å². The van der Waals surface area contributed by atoms with Gasteiger partial charge in [0.1, 0.15) is 10.6 Å². The molecule has 0 fully saturated rings. The van der Waals surface area contributed by atoms with Crippen LogP contribution in [0.25, 0.3) is 0 Å². The van der Waals surface area contributed by atoms with Crippen molar-refractivity contribution in [1.29, 1.82) is 0 Å². The van der Waals surface area contributed by atoms with Gasteiger partial charge in [-0.15, -0.1) is 11.3 Å². The third kappa shape index (κ3) is 3.19. The summed E-state index contributed by atoms with van der Waals surface area (Å²) in [5.41, 5.74) is 1.21. The maximum absolute atomic E-state index is 13.1. The van der Waals surface area contributed by atoms with E-state index in [-0.39, 0.29) is 28.0 Å². The molecule has 0 saturated carbocycles. The Balaban J connectivity index is 1.84. The molecule has 3 aromatic rings. The summed E-state index contributed by atoms with van der Waals surface area (Å²) in [5, 5.41) is 4.80. The minimum absolute atomic E-state index is 0.0998. The normalized spacial score (nSPS) is 16.4. The van der Waals surface area contributed by atoms with Crippen molar-refractivity contribution in [1.82, 2.24) is 0 Å². The van der Waals surface area contributed by atoms with Gasteiger partial charge in [0.2, 0.25) is 15.7 Å². The first-order valence-corrected chi connectivity index (χ1v) is 11.2. The Kier molecular flexibility index (Phi) is 4.91. The number of nitrogens with one attached hydrogen (secondary N) is 1. The van der Waals surface area contributed by atoms with Crippen LogP contribution in [0.4, 0.5) is 5.69 Å². The van der Waals surface area contributed by atoms with E-state index < -0.39 is 9.84 Å². The van der Waals surface area contributed by atoms with Gasteiger partial charge in [0.05, 0.1) is 17.7 Å². The fraction of sp³-hybridized carbons (Fsp3) is 0.150. The van der Waals surface area contributed by atoms with Crippen molar-refractivity contribution in [2.75, 3.05) is 12.4 Å². The van der Waals surface area contributed by atoms with Gasteiger partial charge < -0.3 is 10.1 Å². The number of hydrogen-bond acceptors (Lipinski definition) is 5. The van der Waals surface area contributed by atoms with Crippen molar-refractivity contribution in [3.05, 3.63) is 69.4 Å². The molecule has 4 rings (SSSR count). The highest BCUT2D eigenvalue weighted by atomic mass is 35.5. The van der Waals surface area contributed by atoms with E-state index in [9.17, 15) is 13.2 Å². The molecular formula is C20H16ClNO4S2. The Bertz CT molecular complexity index is 1150. The second kappa shape index (κ2) is 7.24. The van der Waals surface area contributed by atoms with Crippen molar-refractivity contribution in [2.24, 2.45) is 0 Å². The molecule has 0 unspecified atom stereocenters. The minimum atomic E-state index is -3.79. The van der Waals surface area contributed by atoms with E-state index in [0.29, 0.717) is 16.5 Å². The van der Waals surface area contributed by atoms with Crippen LogP contribution in [0.5, 0.6) is 5.75 Å². The summed E-state index contributed by atoms with van der Waals surface area (Å²) in [6.45, 7) is 0. The zero-order chi connectivity index (χ0) is 19.9. The lowest BCUT2D eigenvalue weighted by molar-refractivity contribution is -0.116. The second-order valence-corrected chi connectivity index (χ2v) is 9.61. The standard InChI is InChI=1S/C20H16ClNO4S2/c1-26-16-5-3-2-4-14(16)15-10-18(23)22-19-17(11-27-20(15)19)28(24,25)13-8-6-12(21)7-9-13/h2-9,11,15H,10H2,1H3,(H,22,23)/t15-/m0/s1. The second-order valence-electron chi connectivity index (χ2n) is 6.34. The molecule has 1 aliphatic rings. The van der Waals surface area contributed by atoms with Crippen LogP contribution in [0.1, 0.15) is 22.8 Å². The monoisotopic (exact) mass is 433 g/mol. The number of para-hydroxylation sites is 1. The smallest absolute Gasteiger partial charge is 0.225 e. The van der Waals surface area contributed by atoms with Crippen LogP contribution in [0.2, 0.25) is 5.02 Å². The maximum atomic E-state index is 13.1. The van der Waals surface area contributed by atoms with Crippen molar-refractivity contribution in [2.45, 2.75) is 22.1 Å². The molecule has 144 valence electrons. The maximum Gasteiger partial charge on any atom is 0.225 e. The van der Waals surface area contributed by atoms with E-state index in [2.05, 4.69) is 5.32 Å². The summed E-state index contributed by atoms with van der Waals surface area (Å²) in [4.78, 5) is 13.4. The SMILES string of the molecule is COc1ccccc1[C@@H]1CC(=O)Nc2c(S(=O)(=O)c3ccc(Cl)cc3)csc21. The van der Waals surface area contributed by atoms with E-state index in [0.717, 1.165) is 10.4 Å². The lowest BCUT2D eigenvalue weighted by Crippen LogP contribution is -2.23.